The van der Waals surface area contributed by atoms with E-state index in [4.69, 9.17) is 9.72 Å². The minimum Gasteiger partial charge on any atom is -0.491 e. The molecule has 192 valence electrons. The maximum atomic E-state index is 12.9. The Morgan fingerprint density at radius 1 is 0.973 bits per heavy atom. The number of fused-ring (bicyclic) bond motifs is 1. The smallest absolute Gasteiger partial charge is 0.223 e. The SMILES string of the molecule is Cc1ccc(Cn2c(N3CCC(C(=O)NCc4ccc(OC(C)C)cc4)CC3)nc3ccccc32)cc1. The zero-order valence-corrected chi connectivity index (χ0v) is 22.0. The number of rotatable bonds is 8. The summed E-state index contributed by atoms with van der Waals surface area (Å²) in [6, 6.07) is 25.0. The van der Waals surface area contributed by atoms with Crippen molar-refractivity contribution < 1.29 is 9.53 Å². The van der Waals surface area contributed by atoms with Gasteiger partial charge in [-0.15, -0.1) is 0 Å². The van der Waals surface area contributed by atoms with E-state index >= 15 is 0 Å². The van der Waals surface area contributed by atoms with Gasteiger partial charge < -0.3 is 19.5 Å². The number of hydrogen-bond acceptors (Lipinski definition) is 4. The molecule has 37 heavy (non-hydrogen) atoms. The molecule has 0 radical (unpaired) electrons. The number of ether oxygens (including phenoxy) is 1. The van der Waals surface area contributed by atoms with Crippen molar-refractivity contribution in [3.63, 3.8) is 0 Å². The van der Waals surface area contributed by atoms with Crippen molar-refractivity contribution in [2.24, 2.45) is 5.92 Å². The summed E-state index contributed by atoms with van der Waals surface area (Å²) in [6.07, 6.45) is 1.79. The number of imidazole rings is 1. The summed E-state index contributed by atoms with van der Waals surface area (Å²) >= 11 is 0. The Balaban J connectivity index is 1.21. The topological polar surface area (TPSA) is 59.4 Å². The highest BCUT2D eigenvalue weighted by molar-refractivity contribution is 5.80. The van der Waals surface area contributed by atoms with Crippen LogP contribution in [0.15, 0.2) is 72.8 Å². The number of benzene rings is 3. The number of anilines is 1. The lowest BCUT2D eigenvalue weighted by molar-refractivity contribution is -0.125. The molecule has 0 spiro atoms. The van der Waals surface area contributed by atoms with E-state index in [-0.39, 0.29) is 17.9 Å². The van der Waals surface area contributed by atoms with Crippen LogP contribution < -0.4 is 15.0 Å². The molecule has 1 aromatic heterocycles. The van der Waals surface area contributed by atoms with Crippen LogP contribution in [0, 0.1) is 12.8 Å². The molecule has 0 atom stereocenters. The van der Waals surface area contributed by atoms with E-state index in [9.17, 15) is 4.79 Å². The maximum Gasteiger partial charge on any atom is 0.223 e. The van der Waals surface area contributed by atoms with E-state index in [0.717, 1.165) is 60.8 Å². The van der Waals surface area contributed by atoms with E-state index in [1.54, 1.807) is 0 Å². The lowest BCUT2D eigenvalue weighted by Crippen LogP contribution is -2.41. The molecular formula is C31H36N4O2. The first kappa shape index (κ1) is 24.9. The molecule has 1 saturated heterocycles. The second-order valence-electron chi connectivity index (χ2n) is 10.3. The minimum atomic E-state index is 0.0229. The van der Waals surface area contributed by atoms with Gasteiger partial charge in [0.15, 0.2) is 0 Å². The monoisotopic (exact) mass is 496 g/mol. The van der Waals surface area contributed by atoms with Crippen molar-refractivity contribution in [2.45, 2.75) is 52.8 Å². The third kappa shape index (κ3) is 5.96. The second kappa shape index (κ2) is 11.1. The molecule has 0 unspecified atom stereocenters. The maximum absolute atomic E-state index is 12.9. The number of piperidine rings is 1. The van der Waals surface area contributed by atoms with Crippen LogP contribution in [0.5, 0.6) is 5.75 Å². The Labute approximate surface area is 219 Å². The molecule has 4 aromatic rings. The number of carbonyl (C=O) groups is 1. The number of nitrogens with zero attached hydrogens (tertiary/aromatic N) is 3. The summed E-state index contributed by atoms with van der Waals surface area (Å²) < 4.78 is 8.02. The Morgan fingerprint density at radius 2 is 1.65 bits per heavy atom. The van der Waals surface area contributed by atoms with Crippen LogP contribution in [0.3, 0.4) is 0 Å². The van der Waals surface area contributed by atoms with Crippen molar-refractivity contribution in [3.05, 3.63) is 89.5 Å². The number of aromatic nitrogens is 2. The van der Waals surface area contributed by atoms with Crippen molar-refractivity contribution in [2.75, 3.05) is 18.0 Å². The van der Waals surface area contributed by atoms with Crippen LogP contribution in [0.1, 0.15) is 43.4 Å². The van der Waals surface area contributed by atoms with Crippen LogP contribution in [0.25, 0.3) is 11.0 Å². The molecule has 0 aliphatic carbocycles. The van der Waals surface area contributed by atoms with Gasteiger partial charge in [-0.1, -0.05) is 54.1 Å². The second-order valence-corrected chi connectivity index (χ2v) is 10.3. The molecule has 6 nitrogen and oxygen atoms in total. The number of nitrogens with one attached hydrogen (secondary N) is 1. The number of amides is 1. The minimum absolute atomic E-state index is 0.0229. The number of para-hydroxylation sites is 2. The van der Waals surface area contributed by atoms with Gasteiger partial charge in [0.2, 0.25) is 11.9 Å². The van der Waals surface area contributed by atoms with Crippen molar-refractivity contribution in [1.82, 2.24) is 14.9 Å². The summed E-state index contributed by atoms with van der Waals surface area (Å²) in [6.45, 7) is 9.08. The van der Waals surface area contributed by atoms with Gasteiger partial charge in [0.25, 0.3) is 0 Å². The van der Waals surface area contributed by atoms with Crippen molar-refractivity contribution >= 4 is 22.9 Å². The molecule has 2 heterocycles. The largest absolute Gasteiger partial charge is 0.491 e. The highest BCUT2D eigenvalue weighted by Crippen LogP contribution is 2.28. The molecule has 1 aliphatic heterocycles. The third-order valence-corrected chi connectivity index (χ3v) is 7.01. The highest BCUT2D eigenvalue weighted by Gasteiger charge is 2.27. The van der Waals surface area contributed by atoms with Crippen molar-refractivity contribution in [3.8, 4) is 5.75 Å². The van der Waals surface area contributed by atoms with Crippen LogP contribution in [-0.4, -0.2) is 34.7 Å². The molecule has 6 heteroatoms. The fraction of sp³-hybridized carbons (Fsp3) is 0.355. The summed E-state index contributed by atoms with van der Waals surface area (Å²) in [4.78, 5) is 20.3. The summed E-state index contributed by atoms with van der Waals surface area (Å²) in [5, 5.41) is 3.13. The van der Waals surface area contributed by atoms with Gasteiger partial charge in [-0.3, -0.25) is 4.79 Å². The quantitative estimate of drug-likeness (QED) is 0.339. The first-order chi connectivity index (χ1) is 18.0. The van der Waals surface area contributed by atoms with Crippen LogP contribution in [-0.2, 0) is 17.9 Å². The summed E-state index contributed by atoms with van der Waals surface area (Å²) in [7, 11) is 0. The molecule has 3 aromatic carbocycles. The molecule has 1 amide bonds. The molecule has 1 aliphatic rings. The van der Waals surface area contributed by atoms with E-state index in [0.29, 0.717) is 6.54 Å². The van der Waals surface area contributed by atoms with Gasteiger partial charge in [0.05, 0.1) is 23.7 Å². The Bertz CT molecular complexity index is 1330. The van der Waals surface area contributed by atoms with Gasteiger partial charge in [0, 0.05) is 25.6 Å². The zero-order chi connectivity index (χ0) is 25.8. The first-order valence-electron chi connectivity index (χ1n) is 13.3. The molecule has 0 saturated carbocycles. The van der Waals surface area contributed by atoms with E-state index in [1.165, 1.54) is 11.1 Å². The standard InChI is InChI=1S/C31H36N4O2/c1-22(2)37-27-14-12-24(13-15-27)20-32-30(36)26-16-18-34(19-17-26)31-33-28-6-4-5-7-29(28)35(31)21-25-10-8-23(3)9-11-25/h4-15,22,26H,16-21H2,1-3H3,(H,32,36). The van der Waals surface area contributed by atoms with Crippen LogP contribution in [0.4, 0.5) is 5.95 Å². The van der Waals surface area contributed by atoms with Gasteiger partial charge in [-0.05, 0) is 69.0 Å². The predicted molar refractivity (Wildman–Crippen MR) is 149 cm³/mol. The Morgan fingerprint density at radius 3 is 2.35 bits per heavy atom. The number of hydrogen-bond donors (Lipinski definition) is 1. The first-order valence-corrected chi connectivity index (χ1v) is 13.3. The fourth-order valence-corrected chi connectivity index (χ4v) is 4.97. The van der Waals surface area contributed by atoms with Gasteiger partial charge >= 0.3 is 0 Å². The van der Waals surface area contributed by atoms with Gasteiger partial charge in [0.1, 0.15) is 5.75 Å². The molecule has 5 rings (SSSR count). The van der Waals surface area contributed by atoms with Crippen molar-refractivity contribution in [1.29, 1.82) is 0 Å². The normalized spacial score (nSPS) is 14.3. The number of aryl methyl sites for hydroxylation is 1. The van der Waals surface area contributed by atoms with Gasteiger partial charge in [-0.2, -0.15) is 0 Å². The predicted octanol–water partition coefficient (Wildman–Crippen LogP) is 5.71. The third-order valence-electron chi connectivity index (χ3n) is 7.01. The zero-order valence-electron chi connectivity index (χ0n) is 22.0. The Kier molecular flexibility index (Phi) is 7.45. The molecular weight excluding hydrogens is 460 g/mol. The van der Waals surface area contributed by atoms with E-state index < -0.39 is 0 Å². The van der Waals surface area contributed by atoms with Gasteiger partial charge in [-0.25, -0.2) is 4.98 Å². The molecule has 1 N–H and O–H groups in total. The lowest BCUT2D eigenvalue weighted by atomic mass is 9.96. The van der Waals surface area contributed by atoms with E-state index in [2.05, 4.69) is 64.2 Å². The fourth-order valence-electron chi connectivity index (χ4n) is 4.97. The van der Waals surface area contributed by atoms with Crippen LogP contribution in [0.2, 0.25) is 0 Å². The molecule has 1 fully saturated rings. The average Bonchev–Trinajstić information content (AvgIpc) is 3.27. The Hall–Kier alpha value is -3.80. The lowest BCUT2D eigenvalue weighted by Gasteiger charge is -2.32. The highest BCUT2D eigenvalue weighted by atomic mass is 16.5. The summed E-state index contributed by atoms with van der Waals surface area (Å²) in [5.41, 5.74) is 5.74. The average molecular weight is 497 g/mol. The van der Waals surface area contributed by atoms with E-state index in [1.807, 2.05) is 44.2 Å². The number of carbonyl (C=O) groups excluding carboxylic acids is 1. The summed E-state index contributed by atoms with van der Waals surface area (Å²) in [5.74, 6) is 2.00. The van der Waals surface area contributed by atoms with Crippen LogP contribution >= 0.6 is 0 Å². The molecule has 0 bridgehead atoms.